The lowest BCUT2D eigenvalue weighted by Crippen LogP contribution is -2.52. The average Bonchev–Trinajstić information content (AvgIpc) is 3.02. The zero-order valence-electron chi connectivity index (χ0n) is 14.3. The van der Waals surface area contributed by atoms with E-state index in [1.807, 2.05) is 17.0 Å². The van der Waals surface area contributed by atoms with Crippen LogP contribution in [0.3, 0.4) is 0 Å². The van der Waals surface area contributed by atoms with E-state index < -0.39 is 0 Å². The van der Waals surface area contributed by atoms with Crippen LogP contribution in [0.4, 0.5) is 10.5 Å². The number of halogens is 1. The van der Waals surface area contributed by atoms with Gasteiger partial charge in [-0.25, -0.2) is 0 Å². The molecule has 2 fully saturated rings. The number of nitrogens with one attached hydrogen (secondary N) is 1. The number of amides is 3. The molecule has 2 heterocycles. The molecule has 0 saturated carbocycles. The highest BCUT2D eigenvalue weighted by molar-refractivity contribution is 8.13. The molecule has 3 rings (SSSR count). The number of benzene rings is 1. The van der Waals surface area contributed by atoms with E-state index >= 15 is 0 Å². The van der Waals surface area contributed by atoms with Crippen LogP contribution >= 0.6 is 23.4 Å². The van der Waals surface area contributed by atoms with Gasteiger partial charge in [0.1, 0.15) is 6.54 Å². The van der Waals surface area contributed by atoms with E-state index in [1.54, 1.807) is 21.9 Å². The molecule has 0 aliphatic carbocycles. The van der Waals surface area contributed by atoms with Gasteiger partial charge in [0.25, 0.3) is 5.24 Å². The molecule has 2 saturated heterocycles. The van der Waals surface area contributed by atoms with Crippen LogP contribution in [0.5, 0.6) is 0 Å². The van der Waals surface area contributed by atoms with E-state index in [0.29, 0.717) is 43.4 Å². The highest BCUT2D eigenvalue weighted by Crippen LogP contribution is 2.20. The van der Waals surface area contributed by atoms with Gasteiger partial charge in [0.15, 0.2) is 0 Å². The summed E-state index contributed by atoms with van der Waals surface area (Å²) in [7, 11) is 0. The van der Waals surface area contributed by atoms with E-state index in [2.05, 4.69) is 5.32 Å². The van der Waals surface area contributed by atoms with Crippen LogP contribution in [0, 0.1) is 0 Å². The fourth-order valence-corrected chi connectivity index (χ4v) is 3.95. The number of nitrogens with zero attached hydrogens (tertiary/aromatic N) is 3. The number of hydrogen-bond donors (Lipinski definition) is 1. The maximum Gasteiger partial charge on any atom is 0.282 e. The van der Waals surface area contributed by atoms with Gasteiger partial charge in [0.05, 0.1) is 17.3 Å². The number of anilines is 1. The maximum absolute atomic E-state index is 12.3. The van der Waals surface area contributed by atoms with Crippen molar-refractivity contribution in [3.63, 3.8) is 0 Å². The first-order chi connectivity index (χ1) is 12.5. The molecule has 0 radical (unpaired) electrons. The Balaban J connectivity index is 1.42. The van der Waals surface area contributed by atoms with Crippen molar-refractivity contribution in [1.29, 1.82) is 0 Å². The highest BCUT2D eigenvalue weighted by atomic mass is 35.5. The molecule has 26 heavy (non-hydrogen) atoms. The second kappa shape index (κ2) is 8.75. The van der Waals surface area contributed by atoms with E-state index in [1.165, 1.54) is 11.8 Å². The minimum Gasteiger partial charge on any atom is -0.339 e. The number of rotatable bonds is 5. The molecule has 2 aliphatic rings. The van der Waals surface area contributed by atoms with Gasteiger partial charge in [-0.1, -0.05) is 35.5 Å². The van der Waals surface area contributed by atoms with Crippen LogP contribution < -0.4 is 5.32 Å². The molecule has 1 aromatic carbocycles. The highest BCUT2D eigenvalue weighted by Gasteiger charge is 2.27. The van der Waals surface area contributed by atoms with Gasteiger partial charge in [0, 0.05) is 38.5 Å². The lowest BCUT2D eigenvalue weighted by molar-refractivity contribution is -0.133. The van der Waals surface area contributed by atoms with E-state index in [4.69, 9.17) is 11.6 Å². The summed E-state index contributed by atoms with van der Waals surface area (Å²) >= 11 is 7.30. The van der Waals surface area contributed by atoms with Crippen molar-refractivity contribution in [2.75, 3.05) is 56.9 Å². The van der Waals surface area contributed by atoms with Crippen LogP contribution in [0.2, 0.25) is 5.02 Å². The van der Waals surface area contributed by atoms with Crippen LogP contribution in [0.25, 0.3) is 0 Å². The van der Waals surface area contributed by atoms with Crippen molar-refractivity contribution in [2.24, 2.45) is 0 Å². The Kier molecular flexibility index (Phi) is 6.39. The molecule has 3 amide bonds. The molecule has 0 atom stereocenters. The second-order valence-corrected chi connectivity index (χ2v) is 7.67. The fraction of sp³-hybridized carbons (Fsp3) is 0.471. The summed E-state index contributed by atoms with van der Waals surface area (Å²) in [5, 5.41) is 3.29. The number of carbonyl (C=O) groups excluding carboxylic acids is 3. The molecule has 0 bridgehead atoms. The predicted molar refractivity (Wildman–Crippen MR) is 103 cm³/mol. The summed E-state index contributed by atoms with van der Waals surface area (Å²) in [5.74, 6) is 0.596. The normalized spacial score (nSPS) is 18.3. The van der Waals surface area contributed by atoms with Gasteiger partial charge in [0.2, 0.25) is 11.8 Å². The van der Waals surface area contributed by atoms with Crippen molar-refractivity contribution >= 4 is 46.1 Å². The van der Waals surface area contributed by atoms with Gasteiger partial charge in [-0.3, -0.25) is 19.3 Å². The number of carbonyl (C=O) groups is 3. The molecule has 9 heteroatoms. The third-order valence-corrected chi connectivity index (χ3v) is 5.63. The molecular formula is C17H21ClN4O3S. The smallest absolute Gasteiger partial charge is 0.282 e. The van der Waals surface area contributed by atoms with E-state index in [-0.39, 0.29) is 30.1 Å². The van der Waals surface area contributed by atoms with Crippen LogP contribution in [0.1, 0.15) is 0 Å². The number of piperazine rings is 1. The Hall–Kier alpha value is -1.77. The first kappa shape index (κ1) is 19.0. The minimum absolute atomic E-state index is 0.0202. The molecule has 7 nitrogen and oxygen atoms in total. The first-order valence-electron chi connectivity index (χ1n) is 8.49. The fourth-order valence-electron chi connectivity index (χ4n) is 2.94. The standard InChI is InChI=1S/C17H21ClN4O3S/c18-13-3-1-2-4-14(13)19-15(23)11-20-5-7-21(8-6-20)16(24)12-22-9-10-26-17(22)25/h1-4H,5-12H2,(H,19,23). The largest absolute Gasteiger partial charge is 0.339 e. The van der Waals surface area contributed by atoms with Gasteiger partial charge in [-0.2, -0.15) is 0 Å². The van der Waals surface area contributed by atoms with Crippen molar-refractivity contribution in [2.45, 2.75) is 0 Å². The minimum atomic E-state index is -0.127. The van der Waals surface area contributed by atoms with E-state index in [9.17, 15) is 14.4 Å². The maximum atomic E-state index is 12.3. The van der Waals surface area contributed by atoms with Crippen LogP contribution in [-0.2, 0) is 9.59 Å². The monoisotopic (exact) mass is 396 g/mol. The zero-order chi connectivity index (χ0) is 18.5. The molecule has 1 aromatic rings. The van der Waals surface area contributed by atoms with Crippen molar-refractivity contribution in [1.82, 2.24) is 14.7 Å². The Labute approximate surface area is 161 Å². The van der Waals surface area contributed by atoms with Crippen molar-refractivity contribution < 1.29 is 14.4 Å². The summed E-state index contributed by atoms with van der Waals surface area (Å²) in [6.07, 6.45) is 0. The Morgan fingerprint density at radius 1 is 1.08 bits per heavy atom. The zero-order valence-corrected chi connectivity index (χ0v) is 15.9. The molecule has 2 aliphatic heterocycles. The van der Waals surface area contributed by atoms with Gasteiger partial charge >= 0.3 is 0 Å². The summed E-state index contributed by atoms with van der Waals surface area (Å²) in [6.45, 7) is 3.43. The number of para-hydroxylation sites is 1. The second-order valence-electron chi connectivity index (χ2n) is 6.22. The van der Waals surface area contributed by atoms with E-state index in [0.717, 1.165) is 5.75 Å². The summed E-state index contributed by atoms with van der Waals surface area (Å²) in [6, 6.07) is 7.11. The van der Waals surface area contributed by atoms with Gasteiger partial charge in [-0.05, 0) is 12.1 Å². The number of hydrogen-bond acceptors (Lipinski definition) is 5. The topological polar surface area (TPSA) is 73.0 Å². The van der Waals surface area contributed by atoms with Gasteiger partial charge < -0.3 is 15.1 Å². The lowest BCUT2D eigenvalue weighted by atomic mass is 10.3. The Morgan fingerprint density at radius 3 is 2.46 bits per heavy atom. The summed E-state index contributed by atoms with van der Waals surface area (Å²) in [5.41, 5.74) is 0.598. The Bertz CT molecular complexity index is 694. The third kappa shape index (κ3) is 4.90. The average molecular weight is 397 g/mol. The summed E-state index contributed by atoms with van der Waals surface area (Å²) < 4.78 is 0. The summed E-state index contributed by atoms with van der Waals surface area (Å²) in [4.78, 5) is 41.5. The molecular weight excluding hydrogens is 376 g/mol. The lowest BCUT2D eigenvalue weighted by Gasteiger charge is -2.35. The molecule has 1 N–H and O–H groups in total. The molecule has 0 unspecified atom stereocenters. The number of thioether (sulfide) groups is 1. The van der Waals surface area contributed by atoms with Crippen molar-refractivity contribution in [3.8, 4) is 0 Å². The van der Waals surface area contributed by atoms with Gasteiger partial charge in [-0.15, -0.1) is 0 Å². The Morgan fingerprint density at radius 2 is 1.81 bits per heavy atom. The molecule has 0 aromatic heterocycles. The van der Waals surface area contributed by atoms with Crippen LogP contribution in [0.15, 0.2) is 24.3 Å². The molecule has 140 valence electrons. The quantitative estimate of drug-likeness (QED) is 0.818. The molecule has 0 spiro atoms. The first-order valence-corrected chi connectivity index (χ1v) is 9.85. The third-order valence-electron chi connectivity index (χ3n) is 4.41. The SMILES string of the molecule is O=C(CN1CCN(C(=O)CN2CCSC2=O)CC1)Nc1ccccc1Cl. The van der Waals surface area contributed by atoms with Crippen LogP contribution in [-0.4, -0.2) is 83.3 Å². The van der Waals surface area contributed by atoms with Crippen molar-refractivity contribution in [3.05, 3.63) is 29.3 Å². The predicted octanol–water partition coefficient (Wildman–Crippen LogP) is 1.59.